The zero-order valence-corrected chi connectivity index (χ0v) is 18.8. The summed E-state index contributed by atoms with van der Waals surface area (Å²) in [5.41, 5.74) is 0. The quantitative estimate of drug-likeness (QED) is 0.632. The third-order valence-corrected chi connectivity index (χ3v) is 7.72. The first-order valence-electron chi connectivity index (χ1n) is 9.15. The molecule has 9 nitrogen and oxygen atoms in total. The lowest BCUT2D eigenvalue weighted by atomic mass is 10.4. The Labute approximate surface area is 196 Å². The lowest BCUT2D eigenvalue weighted by Gasteiger charge is -2.20. The summed E-state index contributed by atoms with van der Waals surface area (Å²) in [6.07, 6.45) is -4.99. The van der Waals surface area contributed by atoms with Crippen LogP contribution in [-0.2, 0) is 9.84 Å². The number of hydrogen-bond acceptors (Lipinski definition) is 8. The molecule has 0 bridgehead atoms. The Kier molecular flexibility index (Phi) is 7.20. The maximum absolute atomic E-state index is 13.1. The summed E-state index contributed by atoms with van der Waals surface area (Å²) < 4.78 is 68.0. The topological polar surface area (TPSA) is 125 Å². The Hall–Kier alpha value is -2.82. The molecule has 176 valence electrons. The summed E-state index contributed by atoms with van der Waals surface area (Å²) in [7, 11) is -3.92. The van der Waals surface area contributed by atoms with Gasteiger partial charge in [0.15, 0.2) is 21.4 Å². The number of amides is 1. The first kappa shape index (κ1) is 24.8. The van der Waals surface area contributed by atoms with Gasteiger partial charge < -0.3 is 15.0 Å². The molecule has 3 rings (SSSR count). The largest absolute Gasteiger partial charge is 0.413 e. The van der Waals surface area contributed by atoms with Gasteiger partial charge in [0.25, 0.3) is 0 Å². The normalized spacial score (nSPS) is 16.4. The number of hydrogen-bond donors (Lipinski definition) is 1. The second-order valence-electron chi connectivity index (χ2n) is 6.81. The van der Waals surface area contributed by atoms with Crippen LogP contribution in [0.4, 0.5) is 23.8 Å². The predicted octanol–water partition coefficient (Wildman–Crippen LogP) is 3.36. The van der Waals surface area contributed by atoms with Crippen LogP contribution in [0.1, 0.15) is 12.2 Å². The van der Waals surface area contributed by atoms with E-state index in [0.29, 0.717) is 0 Å². The van der Waals surface area contributed by atoms with Crippen LogP contribution in [-0.4, -0.2) is 55.5 Å². The molecule has 2 aromatic rings. The summed E-state index contributed by atoms with van der Waals surface area (Å²) in [5.74, 6) is -0.761. The molecule has 0 radical (unpaired) electrons. The van der Waals surface area contributed by atoms with Gasteiger partial charge in [0.1, 0.15) is 12.6 Å². The summed E-state index contributed by atoms with van der Waals surface area (Å²) in [4.78, 5) is 20.6. The highest BCUT2D eigenvalue weighted by atomic mass is 35.5. The van der Waals surface area contributed by atoms with Crippen molar-refractivity contribution in [1.82, 2.24) is 15.3 Å². The van der Waals surface area contributed by atoms with Gasteiger partial charge in [0.05, 0.1) is 26.4 Å². The van der Waals surface area contributed by atoms with Crippen LogP contribution < -0.4 is 15.0 Å². The second kappa shape index (κ2) is 9.58. The highest BCUT2D eigenvalue weighted by Gasteiger charge is 2.37. The molecule has 0 spiro atoms. The smallest absolute Gasteiger partial charge is 0.405 e. The maximum Gasteiger partial charge on any atom is 0.413 e. The number of nitrogens with zero attached hydrogens (tertiary/aromatic N) is 4. The van der Waals surface area contributed by atoms with Gasteiger partial charge in [0, 0.05) is 13.1 Å². The van der Waals surface area contributed by atoms with Crippen LogP contribution in [0, 0.1) is 11.3 Å². The number of sulfone groups is 1. The number of ether oxygens (including phenoxy) is 1. The van der Waals surface area contributed by atoms with Crippen molar-refractivity contribution >= 4 is 45.0 Å². The number of nitrogens with one attached hydrogen (secondary N) is 1. The Morgan fingerprint density at radius 3 is 2.76 bits per heavy atom. The summed E-state index contributed by atoms with van der Waals surface area (Å²) in [6, 6.07) is 5.91. The maximum atomic E-state index is 13.1. The van der Waals surface area contributed by atoms with Gasteiger partial charge in [-0.25, -0.2) is 18.2 Å². The van der Waals surface area contributed by atoms with Gasteiger partial charge in [-0.1, -0.05) is 29.3 Å². The number of nitriles is 1. The Balaban J connectivity index is 1.84. The number of carbonyl (C=O) groups excluding carboxylic acids is 1. The zero-order chi connectivity index (χ0) is 24.4. The molecule has 1 fully saturated rings. The van der Waals surface area contributed by atoms with Gasteiger partial charge in [-0.05, 0) is 18.6 Å². The number of halogens is 5. The molecule has 1 aromatic carbocycles. The zero-order valence-electron chi connectivity index (χ0n) is 16.4. The lowest BCUT2D eigenvalue weighted by molar-refractivity contribution is -0.123. The van der Waals surface area contributed by atoms with Crippen LogP contribution in [0.5, 0.6) is 5.75 Å². The Bertz CT molecular complexity index is 1220. The fourth-order valence-electron chi connectivity index (χ4n) is 3.08. The Morgan fingerprint density at radius 2 is 2.09 bits per heavy atom. The molecular weight excluding hydrogens is 510 g/mol. The number of anilines is 1. The number of rotatable bonds is 5. The van der Waals surface area contributed by atoms with Crippen LogP contribution >= 0.6 is 23.2 Å². The molecule has 15 heteroatoms. The molecule has 1 atom stereocenters. The highest BCUT2D eigenvalue weighted by molar-refractivity contribution is 7.92. The molecular formula is C18H14Cl2F3N5O4S. The molecule has 1 aromatic heterocycles. The molecule has 1 aliphatic heterocycles. The number of benzene rings is 1. The van der Waals surface area contributed by atoms with Gasteiger partial charge in [0.2, 0.25) is 5.82 Å². The first-order valence-corrected chi connectivity index (χ1v) is 11.4. The molecule has 2 heterocycles. The minimum atomic E-state index is -4.65. The van der Waals surface area contributed by atoms with E-state index < -0.39 is 33.9 Å². The van der Waals surface area contributed by atoms with Crippen molar-refractivity contribution in [2.75, 3.05) is 24.5 Å². The van der Waals surface area contributed by atoms with E-state index in [-0.39, 0.29) is 51.8 Å². The summed E-state index contributed by atoms with van der Waals surface area (Å²) in [5, 5.41) is 9.63. The molecule has 1 saturated heterocycles. The third kappa shape index (κ3) is 5.76. The van der Waals surface area contributed by atoms with E-state index in [4.69, 9.17) is 33.2 Å². The van der Waals surface area contributed by atoms with Crippen LogP contribution in [0.2, 0.25) is 10.0 Å². The molecule has 1 aliphatic rings. The van der Waals surface area contributed by atoms with Crippen molar-refractivity contribution < 1.29 is 31.1 Å². The van der Waals surface area contributed by atoms with Gasteiger partial charge in [-0.3, -0.25) is 0 Å². The van der Waals surface area contributed by atoms with E-state index in [2.05, 4.69) is 9.97 Å². The molecule has 33 heavy (non-hydrogen) atoms. The number of carbonyl (C=O) groups is 1. The molecule has 0 saturated carbocycles. The minimum absolute atomic E-state index is 0.0719. The van der Waals surface area contributed by atoms with E-state index in [0.717, 1.165) is 6.20 Å². The number of alkyl halides is 3. The van der Waals surface area contributed by atoms with E-state index in [9.17, 15) is 26.4 Å². The van der Waals surface area contributed by atoms with E-state index in [1.165, 1.54) is 28.4 Å². The Morgan fingerprint density at radius 1 is 1.36 bits per heavy atom. The molecule has 1 amide bonds. The fraction of sp³-hybridized carbons (Fsp3) is 0.333. The van der Waals surface area contributed by atoms with Crippen molar-refractivity contribution in [2.24, 2.45) is 0 Å². The van der Waals surface area contributed by atoms with Crippen molar-refractivity contribution in [3.63, 3.8) is 0 Å². The molecule has 0 aliphatic carbocycles. The third-order valence-electron chi connectivity index (χ3n) is 4.58. The van der Waals surface area contributed by atoms with Crippen molar-refractivity contribution in [3.05, 3.63) is 40.3 Å². The van der Waals surface area contributed by atoms with Crippen molar-refractivity contribution in [2.45, 2.75) is 22.7 Å². The van der Waals surface area contributed by atoms with Crippen LogP contribution in [0.3, 0.4) is 0 Å². The van der Waals surface area contributed by atoms with Gasteiger partial charge in [-0.2, -0.15) is 23.4 Å². The van der Waals surface area contributed by atoms with E-state index in [1.807, 2.05) is 0 Å². The predicted molar refractivity (Wildman–Crippen MR) is 111 cm³/mol. The average molecular weight is 524 g/mol. The molecule has 1 N–H and O–H groups in total. The molecule has 0 unspecified atom stereocenters. The second-order valence-corrected chi connectivity index (χ2v) is 9.79. The van der Waals surface area contributed by atoms with E-state index >= 15 is 0 Å². The monoisotopic (exact) mass is 523 g/mol. The van der Waals surface area contributed by atoms with Crippen molar-refractivity contribution in [1.29, 1.82) is 5.26 Å². The summed E-state index contributed by atoms with van der Waals surface area (Å²) in [6.45, 7) is -1.61. The van der Waals surface area contributed by atoms with Gasteiger partial charge in [-0.15, -0.1) is 0 Å². The first-order chi connectivity index (χ1) is 15.4. The van der Waals surface area contributed by atoms with Crippen LogP contribution in [0.25, 0.3) is 0 Å². The minimum Gasteiger partial charge on any atom is -0.405 e. The van der Waals surface area contributed by atoms with Crippen molar-refractivity contribution in [3.8, 4) is 11.8 Å². The standard InChI is InChI=1S/C18H14Cl2F3N5O4S/c19-11-2-1-3-13(15(11)20)33(30,31)10-4-5-28(8-10)16-12(7-25-14(6-24)27-16)32-17(29)26-9-18(21,22)23/h1-3,7,10H,4-5,8-9H2,(H,26,29)/t10-/m0/s1. The van der Waals surface area contributed by atoms with E-state index in [1.54, 1.807) is 6.07 Å². The average Bonchev–Trinajstić information content (AvgIpc) is 3.25. The SMILES string of the molecule is N#Cc1ncc(OC(=O)NCC(F)(F)F)c(N2CC[C@H](S(=O)(=O)c3cccc(Cl)c3Cl)C2)n1. The van der Waals surface area contributed by atoms with Crippen LogP contribution in [0.15, 0.2) is 29.3 Å². The summed E-state index contributed by atoms with van der Waals surface area (Å²) >= 11 is 12.0. The fourth-order valence-corrected chi connectivity index (χ4v) is 5.54. The number of aromatic nitrogens is 2. The lowest BCUT2D eigenvalue weighted by Crippen LogP contribution is -2.36. The van der Waals surface area contributed by atoms with Gasteiger partial charge >= 0.3 is 12.3 Å². The highest BCUT2D eigenvalue weighted by Crippen LogP contribution is 2.36.